The number of fused-ring (bicyclic) bond motifs is 1. The first-order valence-electron chi connectivity index (χ1n) is 8.91. The van der Waals surface area contributed by atoms with E-state index in [0.29, 0.717) is 17.1 Å². The van der Waals surface area contributed by atoms with Gasteiger partial charge in [-0.3, -0.25) is 4.79 Å². The highest BCUT2D eigenvalue weighted by atomic mass is 16.6. The molecule has 7 heteroatoms. The summed E-state index contributed by atoms with van der Waals surface area (Å²) in [6.45, 7) is 5.93. The van der Waals surface area contributed by atoms with Gasteiger partial charge in [-0.05, 0) is 38.1 Å². The maximum Gasteiger partial charge on any atom is 0.284 e. The van der Waals surface area contributed by atoms with Crippen molar-refractivity contribution in [2.75, 3.05) is 24.6 Å². The summed E-state index contributed by atoms with van der Waals surface area (Å²) < 4.78 is 11.1. The van der Waals surface area contributed by atoms with Crippen LogP contribution in [-0.4, -0.2) is 43.0 Å². The molecule has 1 aliphatic rings. The molecule has 0 saturated carbocycles. The molecule has 0 saturated heterocycles. The molecular formula is C20H23N3O4. The zero-order chi connectivity index (χ0) is 19.2. The quantitative estimate of drug-likeness (QED) is 0.604. The first kappa shape index (κ1) is 18.6. The Labute approximate surface area is 158 Å². The van der Waals surface area contributed by atoms with Crippen molar-refractivity contribution in [1.29, 1.82) is 0 Å². The van der Waals surface area contributed by atoms with Gasteiger partial charge in [-0.1, -0.05) is 12.1 Å². The second-order valence-electron chi connectivity index (χ2n) is 6.01. The summed E-state index contributed by atoms with van der Waals surface area (Å²) in [4.78, 5) is 14.3. The standard InChI is InChI=1S/C20H23N3O4/c1-3-23(4-2)15-10-9-14(16(24)11-15)12-21-22-20(25)19-13-26-17-7-5-6-8-18(17)27-19/h5-12,19,24H,3-4,13H2,1-2H3,(H,22,25)/b21-12+/t19-/m0/s1. The fourth-order valence-corrected chi connectivity index (χ4v) is 2.81. The molecule has 1 atom stereocenters. The minimum atomic E-state index is -0.782. The number of phenols is 1. The number of hydrogen-bond donors (Lipinski definition) is 2. The van der Waals surface area contributed by atoms with Gasteiger partial charge in [0, 0.05) is 30.4 Å². The second-order valence-corrected chi connectivity index (χ2v) is 6.01. The highest BCUT2D eigenvalue weighted by molar-refractivity contribution is 5.87. The predicted molar refractivity (Wildman–Crippen MR) is 104 cm³/mol. The third kappa shape index (κ3) is 4.31. The number of carbonyl (C=O) groups excluding carboxylic acids is 1. The molecule has 3 rings (SSSR count). The number of para-hydroxylation sites is 2. The van der Waals surface area contributed by atoms with Gasteiger partial charge in [-0.15, -0.1) is 0 Å². The maximum absolute atomic E-state index is 12.2. The van der Waals surface area contributed by atoms with Crippen molar-refractivity contribution in [2.45, 2.75) is 20.0 Å². The van der Waals surface area contributed by atoms with Gasteiger partial charge in [0.2, 0.25) is 6.10 Å². The molecule has 1 amide bonds. The SMILES string of the molecule is CCN(CC)c1ccc(/C=N/NC(=O)[C@@H]2COc3ccccc3O2)c(O)c1. The van der Waals surface area contributed by atoms with Crippen LogP contribution in [0.4, 0.5) is 5.69 Å². The van der Waals surface area contributed by atoms with Gasteiger partial charge in [0.1, 0.15) is 12.4 Å². The Morgan fingerprint density at radius 1 is 1.26 bits per heavy atom. The van der Waals surface area contributed by atoms with Gasteiger partial charge in [0.05, 0.1) is 6.21 Å². The van der Waals surface area contributed by atoms with Crippen LogP contribution in [0.25, 0.3) is 0 Å². The number of carbonyl (C=O) groups is 1. The van der Waals surface area contributed by atoms with Crippen LogP contribution in [0.1, 0.15) is 19.4 Å². The Hall–Kier alpha value is -3.22. The molecule has 7 nitrogen and oxygen atoms in total. The van der Waals surface area contributed by atoms with Crippen LogP contribution in [0.3, 0.4) is 0 Å². The van der Waals surface area contributed by atoms with Crippen molar-refractivity contribution in [3.8, 4) is 17.2 Å². The van der Waals surface area contributed by atoms with E-state index in [0.717, 1.165) is 18.8 Å². The van der Waals surface area contributed by atoms with E-state index in [1.165, 1.54) is 6.21 Å². The number of nitrogens with zero attached hydrogens (tertiary/aromatic N) is 2. The average Bonchev–Trinajstić information content (AvgIpc) is 2.70. The highest BCUT2D eigenvalue weighted by Crippen LogP contribution is 2.30. The molecule has 0 fully saturated rings. The van der Waals surface area contributed by atoms with E-state index in [1.54, 1.807) is 24.3 Å². The van der Waals surface area contributed by atoms with Gasteiger partial charge in [0.25, 0.3) is 5.91 Å². The summed E-state index contributed by atoms with van der Waals surface area (Å²) in [6, 6.07) is 12.5. The lowest BCUT2D eigenvalue weighted by Gasteiger charge is -2.24. The van der Waals surface area contributed by atoms with Gasteiger partial charge in [-0.25, -0.2) is 5.43 Å². The lowest BCUT2D eigenvalue weighted by molar-refractivity contribution is -0.130. The van der Waals surface area contributed by atoms with Gasteiger partial charge >= 0.3 is 0 Å². The van der Waals surface area contributed by atoms with Crippen LogP contribution >= 0.6 is 0 Å². The molecule has 2 aromatic carbocycles. The predicted octanol–water partition coefficient (Wildman–Crippen LogP) is 2.53. The number of aromatic hydroxyl groups is 1. The minimum absolute atomic E-state index is 0.101. The molecule has 27 heavy (non-hydrogen) atoms. The zero-order valence-electron chi connectivity index (χ0n) is 15.4. The van der Waals surface area contributed by atoms with Crippen LogP contribution in [0.2, 0.25) is 0 Å². The molecule has 142 valence electrons. The van der Waals surface area contributed by atoms with E-state index in [2.05, 4.69) is 29.3 Å². The van der Waals surface area contributed by atoms with Crippen LogP contribution in [-0.2, 0) is 4.79 Å². The van der Waals surface area contributed by atoms with Crippen molar-refractivity contribution in [3.63, 3.8) is 0 Å². The molecule has 0 unspecified atom stereocenters. The number of phenolic OH excluding ortho intramolecular Hbond substituents is 1. The number of ether oxygens (including phenoxy) is 2. The fourth-order valence-electron chi connectivity index (χ4n) is 2.81. The van der Waals surface area contributed by atoms with Crippen molar-refractivity contribution < 1.29 is 19.4 Å². The van der Waals surface area contributed by atoms with Gasteiger partial charge in [-0.2, -0.15) is 5.10 Å². The maximum atomic E-state index is 12.2. The number of rotatable bonds is 6. The van der Waals surface area contributed by atoms with E-state index in [-0.39, 0.29) is 12.4 Å². The van der Waals surface area contributed by atoms with Gasteiger partial charge in [0.15, 0.2) is 11.5 Å². The summed E-state index contributed by atoms with van der Waals surface area (Å²) in [6.07, 6.45) is 0.618. The van der Waals surface area contributed by atoms with E-state index in [4.69, 9.17) is 9.47 Å². The number of benzene rings is 2. The smallest absolute Gasteiger partial charge is 0.284 e. The molecule has 1 aliphatic heterocycles. The summed E-state index contributed by atoms with van der Waals surface area (Å²) in [7, 11) is 0. The molecule has 0 spiro atoms. The van der Waals surface area contributed by atoms with E-state index in [9.17, 15) is 9.90 Å². The Kier molecular flexibility index (Phi) is 5.80. The molecule has 2 N–H and O–H groups in total. The Morgan fingerprint density at radius 2 is 2.00 bits per heavy atom. The monoisotopic (exact) mass is 369 g/mol. The largest absolute Gasteiger partial charge is 0.507 e. The van der Waals surface area contributed by atoms with Crippen LogP contribution in [0.15, 0.2) is 47.6 Å². The van der Waals surface area contributed by atoms with Crippen LogP contribution < -0.4 is 19.8 Å². The van der Waals surface area contributed by atoms with E-state index >= 15 is 0 Å². The number of amides is 1. The first-order chi connectivity index (χ1) is 13.1. The molecule has 0 radical (unpaired) electrons. The Morgan fingerprint density at radius 3 is 2.70 bits per heavy atom. The second kappa shape index (κ2) is 8.44. The van der Waals surface area contributed by atoms with Gasteiger partial charge < -0.3 is 19.5 Å². The van der Waals surface area contributed by atoms with Crippen molar-refractivity contribution in [1.82, 2.24) is 5.43 Å². The number of nitrogens with one attached hydrogen (secondary N) is 1. The number of anilines is 1. The summed E-state index contributed by atoms with van der Waals surface area (Å²) in [5.41, 5.74) is 3.87. The van der Waals surface area contributed by atoms with Crippen molar-refractivity contribution in [2.24, 2.45) is 5.10 Å². The van der Waals surface area contributed by atoms with E-state index in [1.807, 2.05) is 18.2 Å². The van der Waals surface area contributed by atoms with Crippen LogP contribution in [0.5, 0.6) is 17.2 Å². The number of hydrogen-bond acceptors (Lipinski definition) is 6. The summed E-state index contributed by atoms with van der Waals surface area (Å²) in [5.74, 6) is 0.823. The lowest BCUT2D eigenvalue weighted by Crippen LogP contribution is -2.42. The average molecular weight is 369 g/mol. The molecular weight excluding hydrogens is 346 g/mol. The van der Waals surface area contributed by atoms with Crippen molar-refractivity contribution in [3.05, 3.63) is 48.0 Å². The molecule has 1 heterocycles. The zero-order valence-corrected chi connectivity index (χ0v) is 15.4. The van der Waals surface area contributed by atoms with Crippen molar-refractivity contribution >= 4 is 17.8 Å². The summed E-state index contributed by atoms with van der Waals surface area (Å²) in [5, 5.41) is 14.1. The third-order valence-corrected chi connectivity index (χ3v) is 4.32. The van der Waals surface area contributed by atoms with E-state index < -0.39 is 12.0 Å². The molecule has 0 bridgehead atoms. The number of hydrazone groups is 1. The first-order valence-corrected chi connectivity index (χ1v) is 8.91. The topological polar surface area (TPSA) is 83.4 Å². The molecule has 0 aliphatic carbocycles. The molecule has 0 aromatic heterocycles. The molecule has 2 aromatic rings. The lowest BCUT2D eigenvalue weighted by atomic mass is 10.2. The Bertz CT molecular complexity index is 834. The normalized spacial score (nSPS) is 15.6. The minimum Gasteiger partial charge on any atom is -0.507 e. The van der Waals surface area contributed by atoms with Crippen LogP contribution in [0, 0.1) is 0 Å². The fraction of sp³-hybridized carbons (Fsp3) is 0.300. The summed E-state index contributed by atoms with van der Waals surface area (Å²) >= 11 is 0. The third-order valence-electron chi connectivity index (χ3n) is 4.32. The highest BCUT2D eigenvalue weighted by Gasteiger charge is 2.27. The Balaban J connectivity index is 1.60.